The minimum Gasteiger partial charge on any atom is -0.480 e. The summed E-state index contributed by atoms with van der Waals surface area (Å²) in [5.41, 5.74) is 0.571. The monoisotopic (exact) mass is 365 g/mol. The fourth-order valence-electron chi connectivity index (χ4n) is 1.96. The van der Waals surface area contributed by atoms with E-state index in [1.54, 1.807) is 18.2 Å². The number of nitrogens with zero attached hydrogens (tertiary/aromatic N) is 1. The minimum atomic E-state index is -1.14. The fraction of sp³-hybridized carbons (Fsp3) is 0.353. The number of carbonyl (C=O) groups is 2. The van der Waals surface area contributed by atoms with Crippen molar-refractivity contribution in [3.8, 4) is 6.07 Å². The summed E-state index contributed by atoms with van der Waals surface area (Å²) in [5.74, 6) is -1.63. The number of thioether (sulfide) groups is 1. The van der Waals surface area contributed by atoms with Gasteiger partial charge in [0, 0.05) is 12.7 Å². The van der Waals surface area contributed by atoms with Crippen LogP contribution in [0.3, 0.4) is 0 Å². The average molecular weight is 365 g/mol. The van der Waals surface area contributed by atoms with E-state index in [0.29, 0.717) is 18.7 Å². The standard InChI is InChI=1S/C17H20FN3O3S/c1-25-8-6-15(17(23)24)21-16(22)13(10-19)11-20-7-5-12-3-2-4-14(18)9-12/h2-4,9,11,15,20H,5-8H2,1H3,(H,21,22)(H,23,24)/b13-11-. The zero-order valence-corrected chi connectivity index (χ0v) is 14.6. The van der Waals surface area contributed by atoms with E-state index in [1.807, 2.05) is 6.26 Å². The molecule has 0 spiro atoms. The summed E-state index contributed by atoms with van der Waals surface area (Å²) in [5, 5.41) is 23.3. The molecule has 1 unspecified atom stereocenters. The second-order valence-electron chi connectivity index (χ2n) is 5.15. The number of carboxylic acid groups (broad SMARTS) is 1. The van der Waals surface area contributed by atoms with Crippen molar-refractivity contribution in [3.63, 3.8) is 0 Å². The molecule has 6 nitrogen and oxygen atoms in total. The summed E-state index contributed by atoms with van der Waals surface area (Å²) < 4.78 is 13.1. The number of benzene rings is 1. The molecule has 0 saturated carbocycles. The molecular formula is C17H20FN3O3S. The highest BCUT2D eigenvalue weighted by molar-refractivity contribution is 7.98. The first-order chi connectivity index (χ1) is 12.0. The number of carbonyl (C=O) groups excluding carboxylic acids is 1. The van der Waals surface area contributed by atoms with Gasteiger partial charge in [-0.25, -0.2) is 9.18 Å². The predicted octanol–water partition coefficient (Wildman–Crippen LogP) is 1.69. The Morgan fingerprint density at radius 2 is 2.24 bits per heavy atom. The average Bonchev–Trinajstić information content (AvgIpc) is 2.58. The Hall–Kier alpha value is -2.53. The van der Waals surface area contributed by atoms with Gasteiger partial charge < -0.3 is 15.7 Å². The van der Waals surface area contributed by atoms with Gasteiger partial charge in [0.2, 0.25) is 0 Å². The zero-order valence-electron chi connectivity index (χ0n) is 13.8. The second kappa shape index (κ2) is 11.1. The Labute approximate surface area is 150 Å². The van der Waals surface area contributed by atoms with E-state index < -0.39 is 17.9 Å². The molecule has 0 aliphatic rings. The topological polar surface area (TPSA) is 102 Å². The molecule has 0 heterocycles. The van der Waals surface area contributed by atoms with Crippen molar-refractivity contribution in [2.45, 2.75) is 18.9 Å². The van der Waals surface area contributed by atoms with E-state index in [-0.39, 0.29) is 17.8 Å². The van der Waals surface area contributed by atoms with Crippen LogP contribution in [-0.4, -0.2) is 41.6 Å². The number of rotatable bonds is 10. The number of halogens is 1. The van der Waals surface area contributed by atoms with E-state index in [4.69, 9.17) is 10.4 Å². The highest BCUT2D eigenvalue weighted by atomic mass is 32.2. The second-order valence-corrected chi connectivity index (χ2v) is 6.14. The van der Waals surface area contributed by atoms with E-state index in [9.17, 15) is 14.0 Å². The predicted molar refractivity (Wildman–Crippen MR) is 94.4 cm³/mol. The summed E-state index contributed by atoms with van der Waals surface area (Å²) in [6, 6.07) is 6.84. The summed E-state index contributed by atoms with van der Waals surface area (Å²) in [4.78, 5) is 23.1. The van der Waals surface area contributed by atoms with Gasteiger partial charge in [0.25, 0.3) is 5.91 Å². The van der Waals surface area contributed by atoms with Crippen molar-refractivity contribution in [2.75, 3.05) is 18.6 Å². The lowest BCUT2D eigenvalue weighted by Crippen LogP contribution is -2.41. The summed E-state index contributed by atoms with van der Waals surface area (Å²) >= 11 is 1.47. The molecule has 0 saturated heterocycles. The third kappa shape index (κ3) is 7.72. The fourth-order valence-corrected chi connectivity index (χ4v) is 2.43. The first kappa shape index (κ1) is 20.5. The van der Waals surface area contributed by atoms with Crippen molar-refractivity contribution >= 4 is 23.6 Å². The van der Waals surface area contributed by atoms with Gasteiger partial charge in [-0.05, 0) is 42.5 Å². The highest BCUT2D eigenvalue weighted by Crippen LogP contribution is 2.04. The summed E-state index contributed by atoms with van der Waals surface area (Å²) in [6.07, 6.45) is 3.86. The third-order valence-corrected chi connectivity index (χ3v) is 3.92. The number of hydrogen-bond donors (Lipinski definition) is 3. The van der Waals surface area contributed by atoms with Gasteiger partial charge in [-0.2, -0.15) is 17.0 Å². The van der Waals surface area contributed by atoms with Crippen LogP contribution in [0.25, 0.3) is 0 Å². The molecule has 0 radical (unpaired) electrons. The molecule has 8 heteroatoms. The van der Waals surface area contributed by atoms with Crippen molar-refractivity contribution in [3.05, 3.63) is 47.4 Å². The van der Waals surface area contributed by atoms with Crippen LogP contribution in [0.15, 0.2) is 36.0 Å². The Kier molecular flexibility index (Phi) is 9.11. The Morgan fingerprint density at radius 1 is 1.48 bits per heavy atom. The Bertz CT molecular complexity index is 673. The molecule has 3 N–H and O–H groups in total. The van der Waals surface area contributed by atoms with Crippen molar-refractivity contribution in [1.29, 1.82) is 5.26 Å². The van der Waals surface area contributed by atoms with Gasteiger partial charge in [0.15, 0.2) is 0 Å². The molecule has 1 aromatic rings. The van der Waals surface area contributed by atoms with E-state index in [2.05, 4.69) is 10.6 Å². The van der Waals surface area contributed by atoms with E-state index in [1.165, 1.54) is 30.1 Å². The van der Waals surface area contributed by atoms with E-state index in [0.717, 1.165) is 5.56 Å². The molecule has 1 amide bonds. The lowest BCUT2D eigenvalue weighted by molar-refractivity contribution is -0.141. The number of amides is 1. The van der Waals surface area contributed by atoms with Gasteiger partial charge in [-0.15, -0.1) is 0 Å². The van der Waals surface area contributed by atoms with Gasteiger partial charge in [-0.1, -0.05) is 12.1 Å². The number of hydrogen-bond acceptors (Lipinski definition) is 5. The zero-order chi connectivity index (χ0) is 18.7. The van der Waals surface area contributed by atoms with Crippen LogP contribution in [0.5, 0.6) is 0 Å². The molecule has 1 aromatic carbocycles. The first-order valence-corrected chi connectivity index (χ1v) is 8.98. The Morgan fingerprint density at radius 3 is 2.84 bits per heavy atom. The number of nitriles is 1. The van der Waals surface area contributed by atoms with Crippen molar-refractivity contribution < 1.29 is 19.1 Å². The molecule has 0 aliphatic heterocycles. The summed E-state index contributed by atoms with van der Waals surface area (Å²) in [6.45, 7) is 0.400. The normalized spacial score (nSPS) is 12.1. The maximum Gasteiger partial charge on any atom is 0.326 e. The van der Waals surface area contributed by atoms with Crippen LogP contribution in [-0.2, 0) is 16.0 Å². The number of aliphatic carboxylic acids is 1. The maximum absolute atomic E-state index is 13.1. The third-order valence-electron chi connectivity index (χ3n) is 3.27. The maximum atomic E-state index is 13.1. The van der Waals surface area contributed by atoms with Gasteiger partial charge in [-0.3, -0.25) is 4.79 Å². The van der Waals surface area contributed by atoms with Crippen molar-refractivity contribution in [2.24, 2.45) is 0 Å². The lowest BCUT2D eigenvalue weighted by atomic mass is 10.1. The van der Waals surface area contributed by atoms with E-state index >= 15 is 0 Å². The molecule has 0 aliphatic carbocycles. The molecule has 134 valence electrons. The summed E-state index contributed by atoms with van der Waals surface area (Å²) in [7, 11) is 0. The molecular weight excluding hydrogens is 345 g/mol. The van der Waals surface area contributed by atoms with Crippen molar-refractivity contribution in [1.82, 2.24) is 10.6 Å². The Balaban J connectivity index is 2.55. The van der Waals surface area contributed by atoms with Crippen LogP contribution in [0.4, 0.5) is 4.39 Å². The number of nitrogens with one attached hydrogen (secondary N) is 2. The number of carboxylic acids is 1. The minimum absolute atomic E-state index is 0.213. The molecule has 1 atom stereocenters. The molecule has 25 heavy (non-hydrogen) atoms. The van der Waals surface area contributed by atoms with Crippen LogP contribution < -0.4 is 10.6 Å². The van der Waals surface area contributed by atoms with Gasteiger partial charge in [0.05, 0.1) is 0 Å². The highest BCUT2D eigenvalue weighted by Gasteiger charge is 2.21. The molecule has 0 fully saturated rings. The first-order valence-electron chi connectivity index (χ1n) is 7.58. The van der Waals surface area contributed by atoms with Crippen LogP contribution in [0.1, 0.15) is 12.0 Å². The molecule has 1 rings (SSSR count). The van der Waals surface area contributed by atoms with Gasteiger partial charge >= 0.3 is 5.97 Å². The lowest BCUT2D eigenvalue weighted by Gasteiger charge is -2.13. The van der Waals surface area contributed by atoms with Crippen LogP contribution in [0.2, 0.25) is 0 Å². The van der Waals surface area contributed by atoms with Crippen LogP contribution in [0, 0.1) is 17.1 Å². The smallest absolute Gasteiger partial charge is 0.326 e. The largest absolute Gasteiger partial charge is 0.480 e. The molecule has 0 bridgehead atoms. The quantitative estimate of drug-likeness (QED) is 0.331. The SMILES string of the molecule is CSCCC(NC(=O)/C(C#N)=C\NCCc1cccc(F)c1)C(=O)O. The van der Waals surface area contributed by atoms with Crippen LogP contribution >= 0.6 is 11.8 Å². The van der Waals surface area contributed by atoms with Gasteiger partial charge in [0.1, 0.15) is 23.5 Å². The molecule has 0 aromatic heterocycles.